The van der Waals surface area contributed by atoms with Crippen molar-refractivity contribution in [2.75, 3.05) is 6.54 Å². The van der Waals surface area contributed by atoms with Gasteiger partial charge in [-0.05, 0) is 18.6 Å². The quantitative estimate of drug-likeness (QED) is 0.737. The molecule has 0 atom stereocenters. The van der Waals surface area contributed by atoms with E-state index in [1.54, 1.807) is 10.9 Å². The second-order valence-corrected chi connectivity index (χ2v) is 5.58. The summed E-state index contributed by atoms with van der Waals surface area (Å²) in [6.45, 7) is 2.79. The highest BCUT2D eigenvalue weighted by Crippen LogP contribution is 2.24. The number of carbonyl (C=O) groups is 1. The van der Waals surface area contributed by atoms with Crippen LogP contribution in [0.1, 0.15) is 30.1 Å². The molecule has 118 valence electrons. The van der Waals surface area contributed by atoms with Gasteiger partial charge in [0.15, 0.2) is 0 Å². The molecule has 1 amide bonds. The van der Waals surface area contributed by atoms with Crippen LogP contribution < -0.4 is 5.32 Å². The molecule has 2 aromatic heterocycles. The van der Waals surface area contributed by atoms with Gasteiger partial charge in [0.25, 0.3) is 5.91 Å². The Hall–Kier alpha value is -2.69. The first-order valence-corrected chi connectivity index (χ1v) is 7.86. The van der Waals surface area contributed by atoms with Crippen molar-refractivity contribution < 1.29 is 4.79 Å². The van der Waals surface area contributed by atoms with Crippen molar-refractivity contribution >= 4 is 16.8 Å². The van der Waals surface area contributed by atoms with Gasteiger partial charge in [0.05, 0.1) is 23.0 Å². The van der Waals surface area contributed by atoms with Gasteiger partial charge in [-0.3, -0.25) is 9.48 Å². The Morgan fingerprint density at radius 1 is 1.30 bits per heavy atom. The van der Waals surface area contributed by atoms with Crippen LogP contribution in [0.4, 0.5) is 0 Å². The molecule has 2 heterocycles. The average Bonchev–Trinajstić information content (AvgIpc) is 3.00. The lowest BCUT2D eigenvalue weighted by molar-refractivity contribution is 0.0955. The number of amides is 1. The predicted molar refractivity (Wildman–Crippen MR) is 91.2 cm³/mol. The Balaban J connectivity index is 2.05. The van der Waals surface area contributed by atoms with Crippen LogP contribution in [0.25, 0.3) is 22.2 Å². The van der Waals surface area contributed by atoms with E-state index in [1.165, 1.54) is 0 Å². The number of nitrogens with zero attached hydrogens (tertiary/aromatic N) is 3. The molecule has 0 saturated carbocycles. The van der Waals surface area contributed by atoms with Gasteiger partial charge in [0, 0.05) is 30.7 Å². The highest BCUT2D eigenvalue weighted by atomic mass is 16.1. The molecular formula is C18H20N4O. The van der Waals surface area contributed by atoms with E-state index < -0.39 is 0 Å². The highest BCUT2D eigenvalue weighted by molar-refractivity contribution is 6.07. The zero-order valence-electron chi connectivity index (χ0n) is 13.4. The zero-order chi connectivity index (χ0) is 16.2. The second-order valence-electron chi connectivity index (χ2n) is 5.58. The fourth-order valence-electron chi connectivity index (χ4n) is 2.54. The summed E-state index contributed by atoms with van der Waals surface area (Å²) in [6, 6.07) is 9.57. The van der Waals surface area contributed by atoms with Crippen molar-refractivity contribution in [3.8, 4) is 11.3 Å². The average molecular weight is 308 g/mol. The third kappa shape index (κ3) is 3.23. The van der Waals surface area contributed by atoms with Crippen molar-refractivity contribution in [3.05, 3.63) is 48.3 Å². The van der Waals surface area contributed by atoms with Crippen molar-refractivity contribution in [2.24, 2.45) is 7.05 Å². The van der Waals surface area contributed by atoms with E-state index in [4.69, 9.17) is 0 Å². The van der Waals surface area contributed by atoms with Crippen LogP contribution in [0.2, 0.25) is 0 Å². The normalized spacial score (nSPS) is 10.9. The lowest BCUT2D eigenvalue weighted by atomic mass is 10.0. The minimum absolute atomic E-state index is 0.0535. The molecule has 0 bridgehead atoms. The molecule has 0 spiro atoms. The molecule has 0 radical (unpaired) electrons. The van der Waals surface area contributed by atoms with E-state index in [0.29, 0.717) is 12.1 Å². The molecule has 5 nitrogen and oxygen atoms in total. The maximum atomic E-state index is 12.6. The van der Waals surface area contributed by atoms with E-state index in [2.05, 4.69) is 22.3 Å². The first-order valence-electron chi connectivity index (χ1n) is 7.86. The van der Waals surface area contributed by atoms with Crippen molar-refractivity contribution in [2.45, 2.75) is 19.8 Å². The smallest absolute Gasteiger partial charge is 0.252 e. The summed E-state index contributed by atoms with van der Waals surface area (Å²) >= 11 is 0. The van der Waals surface area contributed by atoms with Gasteiger partial charge < -0.3 is 5.32 Å². The molecule has 3 rings (SSSR count). The van der Waals surface area contributed by atoms with Gasteiger partial charge in [0.1, 0.15) is 0 Å². The number of hydrogen-bond donors (Lipinski definition) is 1. The fourth-order valence-corrected chi connectivity index (χ4v) is 2.54. The van der Waals surface area contributed by atoms with Gasteiger partial charge in [-0.15, -0.1) is 0 Å². The monoisotopic (exact) mass is 308 g/mol. The number of rotatable bonds is 5. The fraction of sp³-hybridized carbons (Fsp3) is 0.278. The summed E-state index contributed by atoms with van der Waals surface area (Å²) in [6.07, 6.45) is 5.69. The van der Waals surface area contributed by atoms with Crippen LogP contribution >= 0.6 is 0 Å². The summed E-state index contributed by atoms with van der Waals surface area (Å²) in [7, 11) is 1.86. The molecular weight excluding hydrogens is 288 g/mol. The first-order chi connectivity index (χ1) is 11.2. The van der Waals surface area contributed by atoms with E-state index in [-0.39, 0.29) is 5.91 Å². The SMILES string of the molecule is CCCCNC(=O)c1cc(-c2cnn(C)c2)nc2ccccc12. The number of aromatic nitrogens is 3. The Morgan fingerprint density at radius 3 is 2.87 bits per heavy atom. The third-order valence-corrected chi connectivity index (χ3v) is 3.78. The van der Waals surface area contributed by atoms with Crippen LogP contribution in [0.5, 0.6) is 0 Å². The van der Waals surface area contributed by atoms with Crippen LogP contribution in [-0.2, 0) is 7.05 Å². The lowest BCUT2D eigenvalue weighted by Crippen LogP contribution is -2.24. The molecule has 0 unspecified atom stereocenters. The Morgan fingerprint density at radius 2 is 2.13 bits per heavy atom. The van der Waals surface area contributed by atoms with Crippen molar-refractivity contribution in [1.82, 2.24) is 20.1 Å². The molecule has 1 N–H and O–H groups in total. The maximum absolute atomic E-state index is 12.6. The minimum atomic E-state index is -0.0535. The standard InChI is InChI=1S/C18H20N4O/c1-3-4-9-19-18(23)15-10-17(13-11-20-22(2)12-13)21-16-8-6-5-7-14(15)16/h5-8,10-12H,3-4,9H2,1-2H3,(H,19,23). The number of carbonyl (C=O) groups excluding carboxylic acids is 1. The number of unbranched alkanes of at least 4 members (excludes halogenated alkanes) is 1. The lowest BCUT2D eigenvalue weighted by Gasteiger charge is -2.09. The molecule has 1 aromatic carbocycles. The van der Waals surface area contributed by atoms with Crippen LogP contribution in [-0.4, -0.2) is 27.2 Å². The molecule has 5 heteroatoms. The van der Waals surface area contributed by atoms with Gasteiger partial charge in [-0.25, -0.2) is 4.98 Å². The predicted octanol–water partition coefficient (Wildman–Crippen LogP) is 3.17. The summed E-state index contributed by atoms with van der Waals surface area (Å²) < 4.78 is 1.73. The Bertz CT molecular complexity index is 838. The number of hydrogen-bond acceptors (Lipinski definition) is 3. The number of fused-ring (bicyclic) bond motifs is 1. The summed E-state index contributed by atoms with van der Waals surface area (Å²) in [5, 5.41) is 8.04. The molecule has 0 aliphatic rings. The number of para-hydroxylation sites is 1. The van der Waals surface area contributed by atoms with Gasteiger partial charge in [0.2, 0.25) is 0 Å². The molecule has 3 aromatic rings. The molecule has 0 saturated heterocycles. The maximum Gasteiger partial charge on any atom is 0.252 e. The van der Waals surface area contributed by atoms with E-state index in [0.717, 1.165) is 35.0 Å². The number of benzene rings is 1. The topological polar surface area (TPSA) is 59.8 Å². The van der Waals surface area contributed by atoms with Crippen LogP contribution in [0.15, 0.2) is 42.7 Å². The number of aryl methyl sites for hydroxylation is 1. The second kappa shape index (κ2) is 6.60. The Kier molecular flexibility index (Phi) is 4.37. The van der Waals surface area contributed by atoms with E-state index >= 15 is 0 Å². The minimum Gasteiger partial charge on any atom is -0.352 e. The van der Waals surface area contributed by atoms with Gasteiger partial charge in [-0.1, -0.05) is 31.5 Å². The first kappa shape index (κ1) is 15.2. The van der Waals surface area contributed by atoms with Gasteiger partial charge in [-0.2, -0.15) is 5.10 Å². The largest absolute Gasteiger partial charge is 0.352 e. The van der Waals surface area contributed by atoms with Gasteiger partial charge >= 0.3 is 0 Å². The number of nitrogens with one attached hydrogen (secondary N) is 1. The summed E-state index contributed by atoms with van der Waals surface area (Å²) in [5.74, 6) is -0.0535. The van der Waals surface area contributed by atoms with Crippen molar-refractivity contribution in [1.29, 1.82) is 0 Å². The molecule has 0 aliphatic carbocycles. The van der Waals surface area contributed by atoms with E-state index in [9.17, 15) is 4.79 Å². The van der Waals surface area contributed by atoms with Crippen LogP contribution in [0.3, 0.4) is 0 Å². The number of pyridine rings is 1. The van der Waals surface area contributed by atoms with Crippen molar-refractivity contribution in [3.63, 3.8) is 0 Å². The summed E-state index contributed by atoms with van der Waals surface area (Å²) in [4.78, 5) is 17.2. The third-order valence-electron chi connectivity index (χ3n) is 3.78. The zero-order valence-corrected chi connectivity index (χ0v) is 13.4. The highest BCUT2D eigenvalue weighted by Gasteiger charge is 2.14. The summed E-state index contributed by atoms with van der Waals surface area (Å²) in [5.41, 5.74) is 3.14. The molecule has 0 aliphatic heterocycles. The molecule has 23 heavy (non-hydrogen) atoms. The van der Waals surface area contributed by atoms with Crippen LogP contribution in [0, 0.1) is 0 Å². The Labute approximate surface area is 135 Å². The van der Waals surface area contributed by atoms with E-state index in [1.807, 2.05) is 43.6 Å². The molecule has 0 fully saturated rings.